The molecule has 1 amide bonds. The van der Waals surface area contributed by atoms with Crippen molar-refractivity contribution in [3.8, 4) is 5.75 Å². The van der Waals surface area contributed by atoms with Gasteiger partial charge in [0.05, 0.1) is 17.6 Å². The van der Waals surface area contributed by atoms with Gasteiger partial charge >= 0.3 is 0 Å². The third-order valence-electron chi connectivity index (χ3n) is 5.28. The van der Waals surface area contributed by atoms with Gasteiger partial charge in [-0.05, 0) is 47.2 Å². The molecule has 0 unspecified atom stereocenters. The minimum absolute atomic E-state index is 0.166. The van der Waals surface area contributed by atoms with Gasteiger partial charge < -0.3 is 9.64 Å². The van der Waals surface area contributed by atoms with Gasteiger partial charge in [0.15, 0.2) is 0 Å². The summed E-state index contributed by atoms with van der Waals surface area (Å²) in [6.07, 6.45) is 0. The topological polar surface area (TPSA) is 66.9 Å². The Hall–Kier alpha value is -2.61. The summed E-state index contributed by atoms with van der Waals surface area (Å²) in [6, 6.07) is 17.5. The Labute approximate surface area is 180 Å². The Morgan fingerprint density at radius 2 is 1.53 bits per heavy atom. The number of ether oxygens (including phenoxy) is 1. The van der Waals surface area contributed by atoms with Crippen LogP contribution in [-0.4, -0.2) is 56.8 Å². The highest BCUT2D eigenvalue weighted by Crippen LogP contribution is 2.28. The molecule has 1 fully saturated rings. The van der Waals surface area contributed by atoms with Crippen LogP contribution in [0.3, 0.4) is 0 Å². The van der Waals surface area contributed by atoms with E-state index in [1.165, 1.54) is 23.5 Å². The lowest BCUT2D eigenvalue weighted by Crippen LogP contribution is -2.50. The number of carbonyl (C=O) groups is 1. The first-order chi connectivity index (χ1) is 14.4. The molecule has 30 heavy (non-hydrogen) atoms. The van der Waals surface area contributed by atoms with E-state index in [1.54, 1.807) is 17.0 Å². The van der Waals surface area contributed by atoms with Crippen molar-refractivity contribution < 1.29 is 17.9 Å². The fourth-order valence-corrected chi connectivity index (χ4v) is 5.16. The molecule has 1 saturated heterocycles. The standard InChI is InChI=1S/C22H21ClN2O4S/c1-29-21-15-17-5-3-2-4-16(17)14-20(21)22(26)24-10-12-25(13-11-24)30(27,28)19-8-6-18(23)7-9-19/h2-9,14-15H,10-13H2,1H3. The molecular formula is C22H21ClN2O4S. The van der Waals surface area contributed by atoms with Gasteiger partial charge in [0.1, 0.15) is 5.75 Å². The van der Waals surface area contributed by atoms with Gasteiger partial charge in [-0.25, -0.2) is 8.42 Å². The molecule has 8 heteroatoms. The van der Waals surface area contributed by atoms with Gasteiger partial charge in [0, 0.05) is 31.2 Å². The number of rotatable bonds is 4. The highest BCUT2D eigenvalue weighted by Gasteiger charge is 2.31. The molecule has 156 valence electrons. The Balaban J connectivity index is 1.52. The smallest absolute Gasteiger partial charge is 0.257 e. The van der Waals surface area contributed by atoms with Crippen LogP contribution in [0, 0.1) is 0 Å². The van der Waals surface area contributed by atoms with Crippen molar-refractivity contribution in [2.75, 3.05) is 33.3 Å². The molecule has 6 nitrogen and oxygen atoms in total. The molecule has 4 rings (SSSR count). The van der Waals surface area contributed by atoms with Crippen LogP contribution in [0.2, 0.25) is 5.02 Å². The minimum atomic E-state index is -3.62. The van der Waals surface area contributed by atoms with Crippen LogP contribution in [0.5, 0.6) is 5.75 Å². The summed E-state index contributed by atoms with van der Waals surface area (Å²) in [5, 5.41) is 2.42. The van der Waals surface area contributed by atoms with Crippen molar-refractivity contribution in [1.82, 2.24) is 9.21 Å². The second kappa shape index (κ2) is 8.26. The summed E-state index contributed by atoms with van der Waals surface area (Å²) >= 11 is 5.86. The molecule has 1 heterocycles. The summed E-state index contributed by atoms with van der Waals surface area (Å²) in [5.41, 5.74) is 0.477. The fourth-order valence-electron chi connectivity index (χ4n) is 3.61. The lowest BCUT2D eigenvalue weighted by molar-refractivity contribution is 0.0694. The summed E-state index contributed by atoms with van der Waals surface area (Å²) in [4.78, 5) is 15.0. The predicted octanol–water partition coefficient (Wildman–Crippen LogP) is 3.65. The number of halogens is 1. The van der Waals surface area contributed by atoms with Crippen LogP contribution in [0.25, 0.3) is 10.8 Å². The number of hydrogen-bond donors (Lipinski definition) is 0. The molecule has 0 saturated carbocycles. The van der Waals surface area contributed by atoms with Gasteiger partial charge in [-0.1, -0.05) is 35.9 Å². The Kier molecular flexibility index (Phi) is 5.69. The second-order valence-electron chi connectivity index (χ2n) is 7.05. The summed E-state index contributed by atoms with van der Waals surface area (Å²) in [5.74, 6) is 0.344. The van der Waals surface area contributed by atoms with Crippen LogP contribution < -0.4 is 4.74 Å². The van der Waals surface area contributed by atoms with E-state index in [1.807, 2.05) is 36.4 Å². The van der Waals surface area contributed by atoms with E-state index in [-0.39, 0.29) is 23.9 Å². The molecule has 0 bridgehead atoms. The van der Waals surface area contributed by atoms with Crippen molar-refractivity contribution in [3.63, 3.8) is 0 Å². The van der Waals surface area contributed by atoms with Crippen molar-refractivity contribution in [1.29, 1.82) is 0 Å². The van der Waals surface area contributed by atoms with Gasteiger partial charge in [-0.3, -0.25) is 4.79 Å². The highest BCUT2D eigenvalue weighted by molar-refractivity contribution is 7.89. The third kappa shape index (κ3) is 3.88. The van der Waals surface area contributed by atoms with Crippen molar-refractivity contribution in [3.05, 3.63) is 71.2 Å². The molecule has 0 aromatic heterocycles. The first kappa shape index (κ1) is 20.7. The van der Waals surface area contributed by atoms with Gasteiger partial charge in [0.2, 0.25) is 10.0 Å². The second-order valence-corrected chi connectivity index (χ2v) is 9.42. The summed E-state index contributed by atoms with van der Waals surface area (Å²) < 4.78 is 32.5. The maximum Gasteiger partial charge on any atom is 0.257 e. The number of methoxy groups -OCH3 is 1. The molecule has 0 radical (unpaired) electrons. The maximum absolute atomic E-state index is 13.2. The zero-order valence-corrected chi connectivity index (χ0v) is 18.0. The quantitative estimate of drug-likeness (QED) is 0.616. The molecule has 0 aliphatic carbocycles. The summed E-state index contributed by atoms with van der Waals surface area (Å²) in [6.45, 7) is 1.07. The summed E-state index contributed by atoms with van der Waals surface area (Å²) in [7, 11) is -2.08. The average Bonchev–Trinajstić information content (AvgIpc) is 2.78. The fraction of sp³-hybridized carbons (Fsp3) is 0.227. The van der Waals surface area contributed by atoms with Crippen molar-refractivity contribution >= 4 is 38.3 Å². The lowest BCUT2D eigenvalue weighted by atomic mass is 10.0. The molecule has 3 aromatic rings. The van der Waals surface area contributed by atoms with Gasteiger partial charge in [-0.15, -0.1) is 0 Å². The van der Waals surface area contributed by atoms with Crippen LogP contribution >= 0.6 is 11.6 Å². The molecule has 0 spiro atoms. The van der Waals surface area contributed by atoms with E-state index in [0.29, 0.717) is 29.4 Å². The number of piperazine rings is 1. The number of sulfonamides is 1. The molecule has 0 N–H and O–H groups in total. The van der Waals surface area contributed by atoms with E-state index >= 15 is 0 Å². The number of nitrogens with zero attached hydrogens (tertiary/aromatic N) is 2. The molecular weight excluding hydrogens is 424 g/mol. The van der Waals surface area contributed by atoms with E-state index in [2.05, 4.69) is 0 Å². The highest BCUT2D eigenvalue weighted by atomic mass is 35.5. The third-order valence-corrected chi connectivity index (χ3v) is 7.44. The molecule has 1 aliphatic heterocycles. The van der Waals surface area contributed by atoms with Crippen LogP contribution in [0.4, 0.5) is 0 Å². The van der Waals surface area contributed by atoms with Gasteiger partial charge in [-0.2, -0.15) is 4.31 Å². The number of carbonyl (C=O) groups excluding carboxylic acids is 1. The van der Waals surface area contributed by atoms with E-state index in [9.17, 15) is 13.2 Å². The number of benzene rings is 3. The normalized spacial score (nSPS) is 15.3. The Bertz CT molecular complexity index is 1190. The van der Waals surface area contributed by atoms with Gasteiger partial charge in [0.25, 0.3) is 5.91 Å². The Morgan fingerprint density at radius 3 is 2.13 bits per heavy atom. The number of fused-ring (bicyclic) bond motifs is 1. The monoisotopic (exact) mass is 444 g/mol. The first-order valence-electron chi connectivity index (χ1n) is 9.52. The van der Waals surface area contributed by atoms with Crippen molar-refractivity contribution in [2.45, 2.75) is 4.90 Å². The zero-order valence-electron chi connectivity index (χ0n) is 16.4. The van der Waals surface area contributed by atoms with E-state index in [0.717, 1.165) is 10.8 Å². The van der Waals surface area contributed by atoms with Crippen LogP contribution in [0.15, 0.2) is 65.6 Å². The number of amides is 1. The van der Waals surface area contributed by atoms with Crippen LogP contribution in [-0.2, 0) is 10.0 Å². The number of hydrogen-bond acceptors (Lipinski definition) is 4. The minimum Gasteiger partial charge on any atom is -0.496 e. The maximum atomic E-state index is 13.2. The van der Waals surface area contributed by atoms with Crippen molar-refractivity contribution in [2.24, 2.45) is 0 Å². The lowest BCUT2D eigenvalue weighted by Gasteiger charge is -2.34. The Morgan fingerprint density at radius 1 is 0.933 bits per heavy atom. The predicted molar refractivity (Wildman–Crippen MR) is 117 cm³/mol. The largest absolute Gasteiger partial charge is 0.496 e. The first-order valence-corrected chi connectivity index (χ1v) is 11.3. The van der Waals surface area contributed by atoms with E-state index < -0.39 is 10.0 Å². The van der Waals surface area contributed by atoms with E-state index in [4.69, 9.17) is 16.3 Å². The molecule has 0 atom stereocenters. The molecule has 1 aliphatic rings. The van der Waals surface area contributed by atoms with Crippen LogP contribution in [0.1, 0.15) is 10.4 Å². The zero-order chi connectivity index (χ0) is 21.3. The molecule has 3 aromatic carbocycles. The SMILES string of the molecule is COc1cc2ccccc2cc1C(=O)N1CCN(S(=O)(=O)c2ccc(Cl)cc2)CC1. The average molecular weight is 445 g/mol.